The number of carbonyl (C=O) groups is 3. The normalized spacial score (nSPS) is 12.8. The molecule has 1 saturated carbocycles. The Morgan fingerprint density at radius 3 is 2.55 bits per heavy atom. The molecule has 0 saturated heterocycles. The number of ether oxygens (including phenoxy) is 1. The van der Waals surface area contributed by atoms with Gasteiger partial charge in [0.1, 0.15) is 0 Å². The molecule has 0 unspecified atom stereocenters. The van der Waals surface area contributed by atoms with E-state index in [0.717, 1.165) is 18.5 Å². The van der Waals surface area contributed by atoms with Crippen LogP contribution in [0.1, 0.15) is 28.8 Å². The van der Waals surface area contributed by atoms with Crippen LogP contribution in [0.3, 0.4) is 0 Å². The Balaban J connectivity index is 1.28. The van der Waals surface area contributed by atoms with Gasteiger partial charge in [0, 0.05) is 17.8 Å². The van der Waals surface area contributed by atoms with Crippen LogP contribution in [0, 0.1) is 0 Å². The lowest BCUT2D eigenvalue weighted by atomic mass is 10.1. The van der Waals surface area contributed by atoms with Gasteiger partial charge >= 0.3 is 5.97 Å². The summed E-state index contributed by atoms with van der Waals surface area (Å²) in [4.78, 5) is 36.7. The van der Waals surface area contributed by atoms with Crippen LogP contribution in [-0.4, -0.2) is 40.2 Å². The molecule has 2 aromatic carbocycles. The number of amides is 2. The predicted molar refractivity (Wildman–Crippen MR) is 114 cm³/mol. The third-order valence-electron chi connectivity index (χ3n) is 4.73. The Morgan fingerprint density at radius 2 is 1.77 bits per heavy atom. The maximum Gasteiger partial charge on any atom is 0.310 e. The molecule has 0 atom stereocenters. The quantitative estimate of drug-likeness (QED) is 0.547. The monoisotopic (exact) mass is 418 g/mol. The van der Waals surface area contributed by atoms with E-state index in [-0.39, 0.29) is 18.4 Å². The van der Waals surface area contributed by atoms with E-state index in [4.69, 9.17) is 4.74 Å². The van der Waals surface area contributed by atoms with Gasteiger partial charge in [0.2, 0.25) is 0 Å². The first-order chi connectivity index (χ1) is 15.1. The van der Waals surface area contributed by atoms with Gasteiger partial charge in [0.15, 0.2) is 6.61 Å². The zero-order chi connectivity index (χ0) is 21.6. The van der Waals surface area contributed by atoms with E-state index < -0.39 is 18.5 Å². The zero-order valence-corrected chi connectivity index (χ0v) is 16.8. The number of para-hydroxylation sites is 2. The summed E-state index contributed by atoms with van der Waals surface area (Å²) in [6.45, 7) is -0.440. The number of nitrogens with one attached hydrogen (secondary N) is 2. The Labute approximate surface area is 179 Å². The van der Waals surface area contributed by atoms with Crippen LogP contribution in [0.15, 0.2) is 67.0 Å². The van der Waals surface area contributed by atoms with Crippen LogP contribution in [0.25, 0.3) is 5.69 Å². The molecule has 4 rings (SSSR count). The molecule has 158 valence electrons. The summed E-state index contributed by atoms with van der Waals surface area (Å²) in [5, 5.41) is 9.76. The Kier molecular flexibility index (Phi) is 6.07. The van der Waals surface area contributed by atoms with Gasteiger partial charge in [-0.15, -0.1) is 0 Å². The molecule has 3 aromatic rings. The van der Waals surface area contributed by atoms with Crippen LogP contribution in [0.4, 0.5) is 5.69 Å². The van der Waals surface area contributed by atoms with Crippen LogP contribution in [0.2, 0.25) is 0 Å². The first kappa shape index (κ1) is 20.3. The summed E-state index contributed by atoms with van der Waals surface area (Å²) in [5.41, 5.74) is 2.32. The zero-order valence-electron chi connectivity index (χ0n) is 16.8. The van der Waals surface area contributed by atoms with Crippen molar-refractivity contribution in [3.8, 4) is 5.69 Å². The molecule has 2 N–H and O–H groups in total. The van der Waals surface area contributed by atoms with Crippen molar-refractivity contribution in [3.05, 3.63) is 78.1 Å². The highest BCUT2D eigenvalue weighted by atomic mass is 16.5. The average molecular weight is 418 g/mol. The number of benzene rings is 2. The van der Waals surface area contributed by atoms with Crippen LogP contribution >= 0.6 is 0 Å². The van der Waals surface area contributed by atoms with E-state index in [9.17, 15) is 14.4 Å². The van der Waals surface area contributed by atoms with E-state index in [1.54, 1.807) is 41.3 Å². The maximum absolute atomic E-state index is 12.3. The fraction of sp³-hybridized carbons (Fsp3) is 0.217. The summed E-state index contributed by atoms with van der Waals surface area (Å²) in [6, 6.07) is 16.5. The van der Waals surface area contributed by atoms with Gasteiger partial charge in [-0.1, -0.05) is 30.3 Å². The lowest BCUT2D eigenvalue weighted by Crippen LogP contribution is -2.28. The van der Waals surface area contributed by atoms with Gasteiger partial charge < -0.3 is 15.4 Å². The Morgan fingerprint density at radius 1 is 1.03 bits per heavy atom. The lowest BCUT2D eigenvalue weighted by molar-refractivity contribution is -0.146. The van der Waals surface area contributed by atoms with Crippen molar-refractivity contribution in [1.29, 1.82) is 0 Å². The van der Waals surface area contributed by atoms with Crippen molar-refractivity contribution in [2.45, 2.75) is 25.3 Å². The number of hydrogen-bond acceptors (Lipinski definition) is 5. The number of rotatable bonds is 8. The van der Waals surface area contributed by atoms with Crippen molar-refractivity contribution in [2.24, 2.45) is 0 Å². The number of aromatic nitrogens is 2. The SMILES string of the molecule is O=C(COC(=O)Cc1cnn(-c2ccccc2)c1)Nc1ccccc1C(=O)NC1CC1. The van der Waals surface area contributed by atoms with Gasteiger partial charge in [0.25, 0.3) is 11.8 Å². The van der Waals surface area contributed by atoms with Crippen LogP contribution < -0.4 is 10.6 Å². The average Bonchev–Trinajstić information content (AvgIpc) is 3.47. The van der Waals surface area contributed by atoms with Gasteiger partial charge in [0.05, 0.1) is 29.6 Å². The van der Waals surface area contributed by atoms with Crippen molar-refractivity contribution in [3.63, 3.8) is 0 Å². The number of carbonyl (C=O) groups excluding carboxylic acids is 3. The smallest absolute Gasteiger partial charge is 0.310 e. The minimum absolute atomic E-state index is 0.000491. The minimum Gasteiger partial charge on any atom is -0.455 e. The summed E-state index contributed by atoms with van der Waals surface area (Å²) in [5.74, 6) is -1.28. The molecule has 1 aliphatic rings. The lowest BCUT2D eigenvalue weighted by Gasteiger charge is -2.11. The van der Waals surface area contributed by atoms with Gasteiger partial charge in [-0.05, 0) is 37.1 Å². The number of hydrogen-bond donors (Lipinski definition) is 2. The minimum atomic E-state index is -0.539. The fourth-order valence-corrected chi connectivity index (χ4v) is 3.00. The highest BCUT2D eigenvalue weighted by molar-refractivity contribution is 6.04. The molecule has 8 heteroatoms. The Bertz CT molecular complexity index is 1090. The first-order valence-corrected chi connectivity index (χ1v) is 10.0. The molecule has 0 radical (unpaired) electrons. The summed E-state index contributed by atoms with van der Waals surface area (Å²) >= 11 is 0. The maximum atomic E-state index is 12.3. The standard InChI is InChI=1S/C23H22N4O4/c28-21(26-20-9-5-4-8-19(20)23(30)25-17-10-11-17)15-31-22(29)12-16-13-24-27(14-16)18-6-2-1-3-7-18/h1-9,13-14,17H,10-12,15H2,(H,25,30)(H,26,28). The third-order valence-corrected chi connectivity index (χ3v) is 4.73. The van der Waals surface area contributed by atoms with Gasteiger partial charge in [-0.3, -0.25) is 14.4 Å². The number of nitrogens with zero attached hydrogens (tertiary/aromatic N) is 2. The highest BCUT2D eigenvalue weighted by Crippen LogP contribution is 2.21. The molecule has 0 bridgehead atoms. The molecule has 31 heavy (non-hydrogen) atoms. The second kappa shape index (κ2) is 9.25. The van der Waals surface area contributed by atoms with Crippen molar-refractivity contribution >= 4 is 23.5 Å². The number of esters is 1. The molecule has 0 spiro atoms. The van der Waals surface area contributed by atoms with Crippen molar-refractivity contribution in [1.82, 2.24) is 15.1 Å². The first-order valence-electron chi connectivity index (χ1n) is 10.0. The summed E-state index contributed by atoms with van der Waals surface area (Å²) < 4.78 is 6.75. The summed E-state index contributed by atoms with van der Waals surface area (Å²) in [6.07, 6.45) is 5.27. The van der Waals surface area contributed by atoms with E-state index >= 15 is 0 Å². The molecule has 0 aliphatic heterocycles. The molecule has 1 heterocycles. The number of anilines is 1. The fourth-order valence-electron chi connectivity index (χ4n) is 3.00. The second-order valence-corrected chi connectivity index (χ2v) is 7.31. The molecular formula is C23H22N4O4. The van der Waals surface area contributed by atoms with Gasteiger partial charge in [-0.2, -0.15) is 5.10 Å². The molecule has 1 aliphatic carbocycles. The molecule has 2 amide bonds. The largest absolute Gasteiger partial charge is 0.455 e. The van der Waals surface area contributed by atoms with Crippen LogP contribution in [-0.2, 0) is 20.7 Å². The van der Waals surface area contributed by atoms with E-state index in [1.807, 2.05) is 30.3 Å². The highest BCUT2D eigenvalue weighted by Gasteiger charge is 2.25. The van der Waals surface area contributed by atoms with E-state index in [2.05, 4.69) is 15.7 Å². The summed E-state index contributed by atoms with van der Waals surface area (Å²) in [7, 11) is 0. The van der Waals surface area contributed by atoms with Crippen molar-refractivity contribution in [2.75, 3.05) is 11.9 Å². The molecule has 8 nitrogen and oxygen atoms in total. The Hall–Kier alpha value is -3.94. The van der Waals surface area contributed by atoms with Crippen molar-refractivity contribution < 1.29 is 19.1 Å². The van der Waals surface area contributed by atoms with Crippen LogP contribution in [0.5, 0.6) is 0 Å². The topological polar surface area (TPSA) is 102 Å². The molecule has 1 fully saturated rings. The molecule has 1 aromatic heterocycles. The second-order valence-electron chi connectivity index (χ2n) is 7.31. The van der Waals surface area contributed by atoms with E-state index in [1.165, 1.54) is 0 Å². The van der Waals surface area contributed by atoms with E-state index in [0.29, 0.717) is 16.8 Å². The molecular weight excluding hydrogens is 396 g/mol. The predicted octanol–water partition coefficient (Wildman–Crippen LogP) is 2.49. The van der Waals surface area contributed by atoms with Gasteiger partial charge in [-0.25, -0.2) is 4.68 Å². The third kappa shape index (κ3) is 5.57.